The molecule has 1 saturated heterocycles. The Balaban J connectivity index is 2.69. The molecule has 0 aromatic carbocycles. The van der Waals surface area contributed by atoms with Gasteiger partial charge in [0.05, 0.1) is 11.0 Å². The number of hydrogen-bond acceptors (Lipinski definition) is 4. The van der Waals surface area contributed by atoms with Gasteiger partial charge in [-0.3, -0.25) is 0 Å². The maximum atomic E-state index is 11.5. The molecule has 0 saturated carbocycles. The molecule has 1 N–H and O–H groups in total. The Morgan fingerprint density at radius 2 is 2.23 bits per heavy atom. The fourth-order valence-corrected chi connectivity index (χ4v) is 3.35. The minimum absolute atomic E-state index is 0.177. The van der Waals surface area contributed by atoms with E-state index in [1.807, 2.05) is 6.92 Å². The van der Waals surface area contributed by atoms with Crippen LogP contribution in [0.3, 0.4) is 0 Å². The summed E-state index contributed by atoms with van der Waals surface area (Å²) >= 11 is 0. The van der Waals surface area contributed by atoms with E-state index < -0.39 is 16.9 Å². The molecule has 1 aliphatic heterocycles. The summed E-state index contributed by atoms with van der Waals surface area (Å²) in [6, 6.07) is 0. The smallest absolute Gasteiger partial charge is 0.376 e. The molecule has 0 bridgehead atoms. The molecule has 1 fully saturated rings. The first-order valence-corrected chi connectivity index (χ1v) is 6.32. The van der Waals surface area contributed by atoms with E-state index in [1.54, 1.807) is 11.6 Å². The molecule has 1 aliphatic rings. The predicted octanol–water partition coefficient (Wildman–Crippen LogP) is -0.394. The van der Waals surface area contributed by atoms with E-state index in [1.165, 1.54) is 0 Å². The van der Waals surface area contributed by atoms with Crippen LogP contribution < -0.4 is 0 Å². The summed E-state index contributed by atoms with van der Waals surface area (Å²) < 4.78 is 22.9. The predicted molar refractivity (Wildman–Crippen MR) is 53.3 cm³/mol. The monoisotopic (exact) mass is 205 g/mol. The summed E-state index contributed by atoms with van der Waals surface area (Å²) in [5.74, 6) is 0.177. The van der Waals surface area contributed by atoms with E-state index in [0.717, 1.165) is 0 Å². The number of hydrogen-bond donors (Lipinski definition) is 1. The minimum Gasteiger partial charge on any atom is -0.437 e. The Kier molecular flexibility index (Phi) is 3.37. The van der Waals surface area contributed by atoms with Gasteiger partial charge < -0.3 is 9.83 Å². The fraction of sp³-hybridized carbons (Fsp3) is 1.00. The van der Waals surface area contributed by atoms with E-state index in [2.05, 4.69) is 0 Å². The summed E-state index contributed by atoms with van der Waals surface area (Å²) in [7, 11) is -3.43. The van der Waals surface area contributed by atoms with Crippen LogP contribution in [0.5, 0.6) is 0 Å². The summed E-state index contributed by atoms with van der Waals surface area (Å²) in [6.07, 6.45) is 0.631. The second kappa shape index (κ2) is 3.98. The van der Waals surface area contributed by atoms with Crippen LogP contribution >= 0.6 is 0 Å². The number of rotatable bonds is 2. The highest BCUT2D eigenvalue weighted by Gasteiger charge is 2.33. The van der Waals surface area contributed by atoms with Crippen molar-refractivity contribution in [1.82, 2.24) is 4.81 Å². The van der Waals surface area contributed by atoms with Crippen molar-refractivity contribution in [3.05, 3.63) is 0 Å². The highest BCUT2D eigenvalue weighted by molar-refractivity contribution is 7.92. The Morgan fingerprint density at radius 1 is 1.62 bits per heavy atom. The van der Waals surface area contributed by atoms with Crippen LogP contribution in [-0.2, 0) is 9.84 Å². The van der Waals surface area contributed by atoms with Crippen LogP contribution in [0.2, 0.25) is 6.82 Å². The summed E-state index contributed by atoms with van der Waals surface area (Å²) in [4.78, 5) is 1.80. The molecule has 1 unspecified atom stereocenters. The lowest BCUT2D eigenvalue weighted by Gasteiger charge is -2.32. The Bertz CT molecular complexity index is 265. The second-order valence-electron chi connectivity index (χ2n) is 3.52. The van der Waals surface area contributed by atoms with Gasteiger partial charge in [0.25, 0.3) is 0 Å². The van der Waals surface area contributed by atoms with Gasteiger partial charge in [-0.25, -0.2) is 8.42 Å². The normalized spacial score (nSPS) is 28.7. The molecule has 13 heavy (non-hydrogen) atoms. The molecule has 0 radical (unpaired) electrons. The summed E-state index contributed by atoms with van der Waals surface area (Å²) in [5, 5.41) is 9.00. The lowest BCUT2D eigenvalue weighted by Crippen LogP contribution is -2.51. The van der Waals surface area contributed by atoms with Gasteiger partial charge in [0, 0.05) is 13.1 Å². The van der Waals surface area contributed by atoms with Gasteiger partial charge in [0.2, 0.25) is 0 Å². The molecular formula is C7H16BNO3S. The van der Waals surface area contributed by atoms with Crippen LogP contribution in [0, 0.1) is 0 Å². The third-order valence-corrected chi connectivity index (χ3v) is 4.84. The Labute approximate surface area is 80.0 Å². The average molecular weight is 205 g/mol. The van der Waals surface area contributed by atoms with E-state index in [0.29, 0.717) is 19.5 Å². The first-order chi connectivity index (χ1) is 5.97. The van der Waals surface area contributed by atoms with Crippen molar-refractivity contribution >= 4 is 16.9 Å². The third kappa shape index (κ3) is 2.45. The van der Waals surface area contributed by atoms with Gasteiger partial charge in [-0.05, 0) is 13.2 Å². The summed E-state index contributed by atoms with van der Waals surface area (Å²) in [6.45, 7) is 4.46. The molecular weight excluding hydrogens is 189 g/mol. The molecule has 76 valence electrons. The quantitative estimate of drug-likeness (QED) is 0.623. The summed E-state index contributed by atoms with van der Waals surface area (Å²) in [5.41, 5.74) is 0. The molecule has 1 atom stereocenters. The minimum atomic E-state index is -2.89. The standard InChI is InChI=1S/C7H16BNO3S/c1-3-7-6-9(8(2)10)4-5-13(7,11)12/h7,10H,3-6H2,1-2H3. The molecule has 4 nitrogen and oxygen atoms in total. The maximum absolute atomic E-state index is 11.5. The molecule has 1 heterocycles. The van der Waals surface area contributed by atoms with Crippen LogP contribution in [0.15, 0.2) is 0 Å². The lowest BCUT2D eigenvalue weighted by atomic mass is 9.84. The van der Waals surface area contributed by atoms with Crippen LogP contribution in [0.1, 0.15) is 13.3 Å². The Hall–Kier alpha value is -0.0651. The van der Waals surface area contributed by atoms with Crippen molar-refractivity contribution in [2.75, 3.05) is 18.8 Å². The lowest BCUT2D eigenvalue weighted by molar-refractivity contribution is 0.358. The molecule has 0 amide bonds. The van der Waals surface area contributed by atoms with Gasteiger partial charge in [0.15, 0.2) is 9.84 Å². The van der Waals surface area contributed by atoms with E-state index in [4.69, 9.17) is 0 Å². The SMILES string of the molecule is CCC1CN(B(C)O)CCS1(=O)=O. The van der Waals surface area contributed by atoms with Crippen molar-refractivity contribution in [3.63, 3.8) is 0 Å². The zero-order valence-electron chi connectivity index (χ0n) is 8.10. The fourth-order valence-electron chi connectivity index (χ4n) is 1.60. The van der Waals surface area contributed by atoms with Crippen LogP contribution in [-0.4, -0.2) is 49.4 Å². The van der Waals surface area contributed by atoms with Crippen molar-refractivity contribution in [2.24, 2.45) is 0 Å². The van der Waals surface area contributed by atoms with Gasteiger partial charge in [0.1, 0.15) is 0 Å². The van der Waals surface area contributed by atoms with E-state index in [9.17, 15) is 13.4 Å². The topological polar surface area (TPSA) is 57.6 Å². The first-order valence-electron chi connectivity index (χ1n) is 4.61. The zero-order valence-corrected chi connectivity index (χ0v) is 8.92. The van der Waals surface area contributed by atoms with Gasteiger partial charge in [-0.1, -0.05) is 6.92 Å². The highest BCUT2D eigenvalue weighted by Crippen LogP contribution is 2.15. The number of nitrogens with zero attached hydrogens (tertiary/aromatic N) is 1. The third-order valence-electron chi connectivity index (χ3n) is 2.59. The van der Waals surface area contributed by atoms with Gasteiger partial charge in [-0.2, -0.15) is 0 Å². The Morgan fingerprint density at radius 3 is 2.69 bits per heavy atom. The van der Waals surface area contributed by atoms with Crippen molar-refractivity contribution in [1.29, 1.82) is 0 Å². The average Bonchev–Trinajstić information content (AvgIpc) is 2.03. The highest BCUT2D eigenvalue weighted by atomic mass is 32.2. The van der Waals surface area contributed by atoms with E-state index >= 15 is 0 Å². The van der Waals surface area contributed by atoms with Crippen LogP contribution in [0.25, 0.3) is 0 Å². The number of sulfone groups is 1. The molecule has 0 aromatic heterocycles. The van der Waals surface area contributed by atoms with Crippen molar-refractivity contribution in [2.45, 2.75) is 25.4 Å². The van der Waals surface area contributed by atoms with Crippen molar-refractivity contribution < 1.29 is 13.4 Å². The van der Waals surface area contributed by atoms with Crippen LogP contribution in [0.4, 0.5) is 0 Å². The molecule has 1 rings (SSSR count). The first kappa shape index (κ1) is 11.0. The van der Waals surface area contributed by atoms with Gasteiger partial charge >= 0.3 is 7.05 Å². The largest absolute Gasteiger partial charge is 0.437 e. The zero-order chi connectivity index (χ0) is 10.1. The van der Waals surface area contributed by atoms with Crippen molar-refractivity contribution in [3.8, 4) is 0 Å². The van der Waals surface area contributed by atoms with Gasteiger partial charge in [-0.15, -0.1) is 0 Å². The molecule has 0 aliphatic carbocycles. The molecule has 0 spiro atoms. The second-order valence-corrected chi connectivity index (χ2v) is 5.92. The maximum Gasteiger partial charge on any atom is 0.376 e. The molecule has 0 aromatic rings. The van der Waals surface area contributed by atoms with E-state index in [-0.39, 0.29) is 11.0 Å². The molecule has 6 heteroatoms.